The Labute approximate surface area is 755 Å². The highest BCUT2D eigenvalue weighted by Gasteiger charge is 2.26. The van der Waals surface area contributed by atoms with Crippen LogP contribution in [-0.4, -0.2) is 115 Å². The molecule has 0 aromatic heterocycles. The lowest BCUT2D eigenvalue weighted by molar-refractivity contribution is -0.162. The van der Waals surface area contributed by atoms with Crippen LogP contribution in [0.5, 0.6) is 34.5 Å². The zero-order chi connectivity index (χ0) is 88.7. The molecule has 0 amide bonds. The van der Waals surface area contributed by atoms with Crippen LogP contribution in [0.1, 0.15) is 395 Å². The molecule has 19 nitrogen and oxygen atoms in total. The van der Waals surface area contributed by atoms with Gasteiger partial charge in [-0.05, 0) is 267 Å². The normalized spacial score (nSPS) is 16.3. The molecule has 0 radical (unpaired) electrons. The molecule has 5 aromatic carbocycles. The molecule has 5 aromatic rings. The van der Waals surface area contributed by atoms with E-state index in [9.17, 15) is 28.8 Å². The average molecular weight is 1750 g/mol. The van der Waals surface area contributed by atoms with E-state index >= 15 is 0 Å². The molecular weight excluding hydrogens is 1590 g/mol. The third-order valence-corrected chi connectivity index (χ3v) is 24.8. The molecule has 8 rings (SSSR count). The monoisotopic (exact) mass is 1750 g/mol. The molecule has 126 heavy (non-hydrogen) atoms. The third-order valence-electron chi connectivity index (χ3n) is 24.8. The number of rotatable bonds is 70. The summed E-state index contributed by atoms with van der Waals surface area (Å²) in [7, 11) is 0. The fraction of sp³-hybridized carbons (Fsp3) is 0.645. The van der Waals surface area contributed by atoms with Crippen molar-refractivity contribution in [2.75, 3.05) is 72.7 Å². The van der Waals surface area contributed by atoms with Gasteiger partial charge in [0.15, 0.2) is 6.29 Å². The van der Waals surface area contributed by atoms with Crippen molar-refractivity contribution in [3.63, 3.8) is 0 Å². The van der Waals surface area contributed by atoms with Gasteiger partial charge in [-0.2, -0.15) is 0 Å². The lowest BCUT2D eigenvalue weighted by Crippen LogP contribution is -2.22. The van der Waals surface area contributed by atoms with E-state index in [1.807, 2.05) is 54.6 Å². The van der Waals surface area contributed by atoms with E-state index in [-0.39, 0.29) is 55.4 Å². The van der Waals surface area contributed by atoms with E-state index in [1.54, 1.807) is 36.4 Å². The highest BCUT2D eigenvalue weighted by Crippen LogP contribution is 2.40. The van der Waals surface area contributed by atoms with Crippen molar-refractivity contribution in [2.45, 2.75) is 359 Å². The van der Waals surface area contributed by atoms with Crippen LogP contribution in [0.3, 0.4) is 0 Å². The van der Waals surface area contributed by atoms with Gasteiger partial charge in [-0.3, -0.25) is 14.4 Å². The maximum absolute atomic E-state index is 13.6. The van der Waals surface area contributed by atoms with Gasteiger partial charge >= 0.3 is 35.8 Å². The summed E-state index contributed by atoms with van der Waals surface area (Å²) < 4.78 is 75.2. The number of unbranched alkanes of at least 4 members (excludes halogenated alkanes) is 27. The van der Waals surface area contributed by atoms with Gasteiger partial charge in [-0.15, -0.1) is 0 Å². The Hall–Kier alpha value is -8.42. The van der Waals surface area contributed by atoms with Crippen LogP contribution in [0.25, 0.3) is 0 Å². The molecule has 19 heteroatoms. The molecule has 3 fully saturated rings. The van der Waals surface area contributed by atoms with E-state index < -0.39 is 5.97 Å². The second-order valence-corrected chi connectivity index (χ2v) is 35.2. The maximum Gasteiger partial charge on any atom is 0.343 e. The van der Waals surface area contributed by atoms with Crippen molar-refractivity contribution in [2.24, 2.45) is 11.8 Å². The van der Waals surface area contributed by atoms with Crippen LogP contribution < -0.4 is 28.4 Å². The minimum atomic E-state index is -0.433. The number of carbonyl (C=O) groups excluding carboxylic acids is 6. The van der Waals surface area contributed by atoms with Gasteiger partial charge in [-0.1, -0.05) is 205 Å². The van der Waals surface area contributed by atoms with Gasteiger partial charge in [-0.25, -0.2) is 14.4 Å². The zero-order valence-electron chi connectivity index (χ0n) is 77.2. The maximum atomic E-state index is 13.6. The van der Waals surface area contributed by atoms with Crippen molar-refractivity contribution in [1.82, 2.24) is 0 Å². The smallest absolute Gasteiger partial charge is 0.343 e. The topological polar surface area (TPSA) is 222 Å². The number of ether oxygens (including phenoxy) is 13. The molecule has 0 spiro atoms. The van der Waals surface area contributed by atoms with Gasteiger partial charge in [0.2, 0.25) is 0 Å². The molecule has 1 aliphatic heterocycles. The Bertz CT molecular complexity index is 3740. The van der Waals surface area contributed by atoms with Crippen molar-refractivity contribution in [1.29, 1.82) is 0 Å². The quantitative estimate of drug-likeness (QED) is 0.0116. The number of carbonyl (C=O) groups is 6. The Morgan fingerprint density at radius 3 is 1.07 bits per heavy atom. The first kappa shape index (κ1) is 103. The predicted molar refractivity (Wildman–Crippen MR) is 497 cm³/mol. The first-order chi connectivity index (χ1) is 61.9. The lowest BCUT2D eigenvalue weighted by atomic mass is 9.77. The van der Waals surface area contributed by atoms with Crippen molar-refractivity contribution in [3.8, 4) is 34.5 Å². The van der Waals surface area contributed by atoms with Crippen molar-refractivity contribution in [3.05, 3.63) is 155 Å². The Morgan fingerprint density at radius 2 is 0.667 bits per heavy atom. The van der Waals surface area contributed by atoms with Crippen LogP contribution >= 0.6 is 0 Å². The molecule has 1 heterocycles. The van der Waals surface area contributed by atoms with E-state index in [0.717, 1.165) is 229 Å². The van der Waals surface area contributed by atoms with E-state index in [1.165, 1.54) is 114 Å². The van der Waals surface area contributed by atoms with Gasteiger partial charge in [0.05, 0.1) is 95.6 Å². The molecule has 2 saturated carbocycles. The van der Waals surface area contributed by atoms with E-state index in [0.29, 0.717) is 130 Å². The molecular formula is C107H156O19. The van der Waals surface area contributed by atoms with Crippen LogP contribution in [0.4, 0.5) is 0 Å². The summed E-state index contributed by atoms with van der Waals surface area (Å²) in [4.78, 5) is 76.7. The zero-order valence-corrected chi connectivity index (χ0v) is 77.2. The second-order valence-electron chi connectivity index (χ2n) is 35.2. The fourth-order valence-corrected chi connectivity index (χ4v) is 16.9. The number of allylic oxidation sites excluding steroid dienone is 1. The molecule has 1 atom stereocenters. The summed E-state index contributed by atoms with van der Waals surface area (Å²) in [5.41, 5.74) is 4.02. The molecule has 2 aliphatic carbocycles. The molecule has 698 valence electrons. The van der Waals surface area contributed by atoms with E-state index in [4.69, 9.17) is 61.6 Å². The minimum absolute atomic E-state index is 0.00530. The van der Waals surface area contributed by atoms with E-state index in [2.05, 4.69) is 44.7 Å². The first-order valence-corrected chi connectivity index (χ1v) is 49.5. The number of esters is 6. The summed E-state index contributed by atoms with van der Waals surface area (Å²) in [5.74, 6) is 5.01. The molecule has 0 N–H and O–H groups in total. The first-order valence-electron chi connectivity index (χ1n) is 49.5. The standard InChI is InChI=1S/C107H156O19/c1-4-6-26-40-86-44-48-88(49-45-86)90-52-64-96(65-53-90)125-105(111)92-56-60-94(61-57-92)115-74-30-17-9-8-16-29-73-114-85(3)43-70-101(108)119-78-34-23-15-12-20-33-77-118-100-69-68-98(84-99(100)107(113)124-83-38-25-24-37-81-122-104-42-28-39-82-123-104)117-76-32-19-11-14-22-36-80-121-103(110)72-71-102(109)120-79-35-21-13-10-18-31-75-116-95-62-58-93(59-63-95)106(112)126-97-66-54-91(55-67-97)89-50-46-87(47-51-89)41-27-7-5-2/h52-69,84,86-89,104H,3-51,70-83H2,1-2H3. The Balaban J connectivity index is 0.570. The summed E-state index contributed by atoms with van der Waals surface area (Å²) in [5, 5.41) is 0. The summed E-state index contributed by atoms with van der Waals surface area (Å²) in [6, 6.07) is 35.9. The van der Waals surface area contributed by atoms with Crippen LogP contribution in [-0.2, 0) is 47.5 Å². The lowest BCUT2D eigenvalue weighted by Gasteiger charge is -2.29. The molecule has 3 aliphatic rings. The van der Waals surface area contributed by atoms with Gasteiger partial charge in [0, 0.05) is 19.6 Å². The highest BCUT2D eigenvalue weighted by atomic mass is 16.7. The predicted octanol–water partition coefficient (Wildman–Crippen LogP) is 27.1. The second kappa shape index (κ2) is 65.2. The van der Waals surface area contributed by atoms with Crippen molar-refractivity contribution >= 4 is 35.8 Å². The average Bonchev–Trinajstić information content (AvgIpc) is 0.847. The minimum Gasteiger partial charge on any atom is -0.499 e. The number of hydrogen-bond acceptors (Lipinski definition) is 19. The van der Waals surface area contributed by atoms with Crippen LogP contribution in [0.2, 0.25) is 0 Å². The largest absolute Gasteiger partial charge is 0.499 e. The van der Waals surface area contributed by atoms with Crippen LogP contribution in [0, 0.1) is 11.8 Å². The summed E-state index contributed by atoms with van der Waals surface area (Å²) >= 11 is 0. The third kappa shape index (κ3) is 45.0. The summed E-state index contributed by atoms with van der Waals surface area (Å²) in [6.07, 6.45) is 51.3. The van der Waals surface area contributed by atoms with Crippen molar-refractivity contribution < 1.29 is 90.3 Å². The SMILES string of the molecule is C=C(CCC(=O)OCCCCCCCCOc1ccc(OCCCCCCCCOC(=O)CCC(=O)OCCCCCCCCOc2ccc(C(=O)Oc3ccc(C4CCC(CCCCC)CC4)cc3)cc2)cc1C(=O)OCCCCCCOC1CCCCO1)OCCCCCCCCOc1ccc(C(=O)Oc2ccc(C3CCC(CCCCC)CC3)cc2)cc1. The van der Waals surface area contributed by atoms with Gasteiger partial charge in [0.25, 0.3) is 0 Å². The number of benzene rings is 5. The number of hydrogen-bond donors (Lipinski definition) is 0. The fourth-order valence-electron chi connectivity index (χ4n) is 16.9. The van der Waals surface area contributed by atoms with Gasteiger partial charge < -0.3 is 61.6 Å². The van der Waals surface area contributed by atoms with Gasteiger partial charge in [0.1, 0.15) is 40.1 Å². The summed E-state index contributed by atoms with van der Waals surface area (Å²) in [6.45, 7) is 14.1. The molecule has 0 bridgehead atoms. The van der Waals surface area contributed by atoms with Crippen LogP contribution in [0.15, 0.2) is 128 Å². The Morgan fingerprint density at radius 1 is 0.317 bits per heavy atom. The molecule has 1 saturated heterocycles. The molecule has 1 unspecified atom stereocenters. The Kier molecular flexibility index (Phi) is 53.3. The highest BCUT2D eigenvalue weighted by molar-refractivity contribution is 5.93.